The molecule has 9 heteroatoms. The van der Waals surface area contributed by atoms with Crippen molar-refractivity contribution in [2.75, 3.05) is 0 Å². The zero-order valence-electron chi connectivity index (χ0n) is 10.9. The molecular formula is C12H12ClFN2O3S2. The first-order chi connectivity index (χ1) is 9.83. The Balaban J connectivity index is 2.29. The molecule has 0 unspecified atom stereocenters. The van der Waals surface area contributed by atoms with Gasteiger partial charge in [0, 0.05) is 16.0 Å². The van der Waals surface area contributed by atoms with Crippen molar-refractivity contribution in [2.45, 2.75) is 25.0 Å². The van der Waals surface area contributed by atoms with Crippen LogP contribution in [0.1, 0.15) is 16.3 Å². The number of rotatable bonds is 5. The topological polar surface area (TPSA) is 79.3 Å². The molecule has 1 aromatic carbocycles. The largest absolute Gasteiger partial charge is 0.392 e. The number of aromatic nitrogens is 1. The highest BCUT2D eigenvalue weighted by atomic mass is 35.5. The van der Waals surface area contributed by atoms with Crippen molar-refractivity contribution >= 4 is 33.0 Å². The summed E-state index contributed by atoms with van der Waals surface area (Å²) in [5.41, 5.74) is 0.373. The van der Waals surface area contributed by atoms with Crippen LogP contribution in [0.4, 0.5) is 4.39 Å². The molecule has 0 amide bonds. The van der Waals surface area contributed by atoms with Crippen LogP contribution in [-0.4, -0.2) is 18.5 Å². The van der Waals surface area contributed by atoms with Crippen LogP contribution in [0.2, 0.25) is 5.02 Å². The number of aryl methyl sites for hydroxylation is 1. The van der Waals surface area contributed by atoms with E-state index in [1.165, 1.54) is 17.4 Å². The number of halogens is 2. The van der Waals surface area contributed by atoms with Crippen LogP contribution in [-0.2, 0) is 23.2 Å². The van der Waals surface area contributed by atoms with E-state index in [9.17, 15) is 12.8 Å². The van der Waals surface area contributed by atoms with Crippen LogP contribution in [0, 0.1) is 12.7 Å². The fourth-order valence-corrected chi connectivity index (χ4v) is 3.73. The SMILES string of the molecule is Cc1nc(CNS(=O)(=O)c2cc(Cl)cc(CO)c2F)cs1. The van der Waals surface area contributed by atoms with Gasteiger partial charge in [-0.1, -0.05) is 11.6 Å². The van der Waals surface area contributed by atoms with Crippen molar-refractivity contribution in [1.29, 1.82) is 0 Å². The van der Waals surface area contributed by atoms with Crippen molar-refractivity contribution in [3.8, 4) is 0 Å². The summed E-state index contributed by atoms with van der Waals surface area (Å²) in [6.45, 7) is 1.11. The van der Waals surface area contributed by atoms with Gasteiger partial charge in [-0.05, 0) is 19.1 Å². The Morgan fingerprint density at radius 3 is 2.76 bits per heavy atom. The van der Waals surface area contributed by atoms with Gasteiger partial charge in [-0.2, -0.15) is 0 Å². The molecule has 0 fully saturated rings. The quantitative estimate of drug-likeness (QED) is 0.866. The number of thiazole rings is 1. The van der Waals surface area contributed by atoms with Crippen molar-refractivity contribution in [3.63, 3.8) is 0 Å². The highest BCUT2D eigenvalue weighted by Gasteiger charge is 2.22. The van der Waals surface area contributed by atoms with Gasteiger partial charge in [-0.25, -0.2) is 22.5 Å². The Morgan fingerprint density at radius 1 is 1.48 bits per heavy atom. The number of aliphatic hydroxyl groups is 1. The van der Waals surface area contributed by atoms with Gasteiger partial charge < -0.3 is 5.11 Å². The lowest BCUT2D eigenvalue weighted by molar-refractivity contribution is 0.274. The first kappa shape index (κ1) is 16.3. The lowest BCUT2D eigenvalue weighted by Gasteiger charge is -2.09. The third-order valence-electron chi connectivity index (χ3n) is 2.65. The summed E-state index contributed by atoms with van der Waals surface area (Å²) in [5.74, 6) is -1.01. The maximum absolute atomic E-state index is 14.0. The van der Waals surface area contributed by atoms with Crippen LogP contribution in [0.25, 0.3) is 0 Å². The molecular weight excluding hydrogens is 339 g/mol. The zero-order chi connectivity index (χ0) is 15.6. The second kappa shape index (κ2) is 6.37. The van der Waals surface area contributed by atoms with Crippen LogP contribution in [0.15, 0.2) is 22.4 Å². The fourth-order valence-electron chi connectivity index (χ4n) is 1.67. The minimum absolute atomic E-state index is 0.0327. The Kier molecular flexibility index (Phi) is 4.95. The van der Waals surface area contributed by atoms with E-state index >= 15 is 0 Å². The molecule has 114 valence electrons. The molecule has 0 saturated carbocycles. The third-order valence-corrected chi connectivity index (χ3v) is 5.09. The lowest BCUT2D eigenvalue weighted by atomic mass is 10.2. The van der Waals surface area contributed by atoms with Crippen LogP contribution in [0.5, 0.6) is 0 Å². The minimum Gasteiger partial charge on any atom is -0.392 e. The van der Waals surface area contributed by atoms with E-state index in [0.717, 1.165) is 11.1 Å². The number of nitrogens with zero attached hydrogens (tertiary/aromatic N) is 1. The van der Waals surface area contributed by atoms with Crippen molar-refractivity contribution in [2.24, 2.45) is 0 Å². The molecule has 0 bridgehead atoms. The molecule has 2 N–H and O–H groups in total. The number of hydrogen-bond donors (Lipinski definition) is 2. The third kappa shape index (κ3) is 3.78. The maximum Gasteiger partial charge on any atom is 0.243 e. The zero-order valence-corrected chi connectivity index (χ0v) is 13.3. The summed E-state index contributed by atoms with van der Waals surface area (Å²) >= 11 is 7.13. The summed E-state index contributed by atoms with van der Waals surface area (Å²) in [6.07, 6.45) is 0. The molecule has 1 aromatic heterocycles. The lowest BCUT2D eigenvalue weighted by Crippen LogP contribution is -2.24. The summed E-state index contributed by atoms with van der Waals surface area (Å²) in [6, 6.07) is 2.18. The molecule has 0 spiro atoms. The molecule has 5 nitrogen and oxygen atoms in total. The molecule has 0 saturated heterocycles. The molecule has 0 atom stereocenters. The van der Waals surface area contributed by atoms with Gasteiger partial charge in [-0.15, -0.1) is 11.3 Å². The molecule has 21 heavy (non-hydrogen) atoms. The Bertz CT molecular complexity index is 762. The van der Waals surface area contributed by atoms with Crippen molar-refractivity contribution in [1.82, 2.24) is 9.71 Å². The number of sulfonamides is 1. The minimum atomic E-state index is -4.09. The Labute approximate surface area is 130 Å². The first-order valence-electron chi connectivity index (χ1n) is 5.83. The summed E-state index contributed by atoms with van der Waals surface area (Å²) < 4.78 is 40.6. The standard InChI is InChI=1S/C12H12ClFN2O3S2/c1-7-16-10(6-20-7)4-15-21(18,19)11-3-9(13)2-8(5-17)12(11)14/h2-3,6,15,17H,4-5H2,1H3. The molecule has 0 radical (unpaired) electrons. The number of nitrogens with one attached hydrogen (secondary N) is 1. The maximum atomic E-state index is 14.0. The summed E-state index contributed by atoms with van der Waals surface area (Å²) in [7, 11) is -4.09. The van der Waals surface area contributed by atoms with E-state index in [2.05, 4.69) is 9.71 Å². The average Bonchev–Trinajstić information content (AvgIpc) is 2.84. The van der Waals surface area contributed by atoms with Crippen molar-refractivity contribution < 1.29 is 17.9 Å². The predicted molar refractivity (Wildman–Crippen MR) is 78.2 cm³/mol. The highest BCUT2D eigenvalue weighted by molar-refractivity contribution is 7.89. The Hall–Kier alpha value is -1.06. The van der Waals surface area contributed by atoms with Crippen molar-refractivity contribution in [3.05, 3.63) is 44.6 Å². The van der Waals surface area contributed by atoms with E-state index < -0.39 is 27.3 Å². The average molecular weight is 351 g/mol. The smallest absolute Gasteiger partial charge is 0.243 e. The van der Waals surface area contributed by atoms with Gasteiger partial charge in [-0.3, -0.25) is 0 Å². The second-order valence-electron chi connectivity index (χ2n) is 4.22. The van der Waals surface area contributed by atoms with Gasteiger partial charge in [0.15, 0.2) is 0 Å². The van der Waals surface area contributed by atoms with Gasteiger partial charge >= 0.3 is 0 Å². The molecule has 2 aromatic rings. The number of hydrogen-bond acceptors (Lipinski definition) is 5. The van der Waals surface area contributed by atoms with E-state index in [0.29, 0.717) is 5.69 Å². The van der Waals surface area contributed by atoms with Gasteiger partial charge in [0.25, 0.3) is 0 Å². The molecule has 0 aliphatic heterocycles. The van der Waals surface area contributed by atoms with Crippen LogP contribution >= 0.6 is 22.9 Å². The monoisotopic (exact) mass is 350 g/mol. The number of aliphatic hydroxyl groups excluding tert-OH is 1. The highest BCUT2D eigenvalue weighted by Crippen LogP contribution is 2.24. The molecule has 0 aliphatic rings. The molecule has 1 heterocycles. The summed E-state index contributed by atoms with van der Waals surface area (Å²) in [5, 5.41) is 11.6. The summed E-state index contributed by atoms with van der Waals surface area (Å²) in [4.78, 5) is 3.52. The van der Waals surface area contributed by atoms with E-state index in [-0.39, 0.29) is 17.1 Å². The first-order valence-corrected chi connectivity index (χ1v) is 8.57. The number of benzene rings is 1. The van der Waals surface area contributed by atoms with Crippen LogP contribution < -0.4 is 4.72 Å². The predicted octanol–water partition coefficient (Wildman–Crippen LogP) is 2.21. The van der Waals surface area contributed by atoms with E-state index in [1.54, 1.807) is 12.3 Å². The Morgan fingerprint density at radius 2 is 2.19 bits per heavy atom. The fraction of sp³-hybridized carbons (Fsp3) is 0.250. The molecule has 2 rings (SSSR count). The van der Waals surface area contributed by atoms with Gasteiger partial charge in [0.1, 0.15) is 10.7 Å². The molecule has 0 aliphatic carbocycles. The second-order valence-corrected chi connectivity index (χ2v) is 7.45. The van der Waals surface area contributed by atoms with Gasteiger partial charge in [0.2, 0.25) is 10.0 Å². The van der Waals surface area contributed by atoms with E-state index in [1.807, 2.05) is 0 Å². The van der Waals surface area contributed by atoms with Gasteiger partial charge in [0.05, 0.1) is 23.9 Å². The normalized spacial score (nSPS) is 11.8. The van der Waals surface area contributed by atoms with E-state index in [4.69, 9.17) is 16.7 Å². The van der Waals surface area contributed by atoms with Crippen LogP contribution in [0.3, 0.4) is 0 Å².